The van der Waals surface area contributed by atoms with Crippen LogP contribution in [0.3, 0.4) is 0 Å². The van der Waals surface area contributed by atoms with Crippen LogP contribution in [0.1, 0.15) is 26.0 Å². The zero-order chi connectivity index (χ0) is 16.2. The molecule has 23 heavy (non-hydrogen) atoms. The Balaban J connectivity index is 1.94. The fourth-order valence-corrected chi connectivity index (χ4v) is 2.64. The summed E-state index contributed by atoms with van der Waals surface area (Å²) in [6.07, 6.45) is 1.46. The Kier molecular flexibility index (Phi) is 4.22. The molecule has 0 saturated heterocycles. The van der Waals surface area contributed by atoms with Crippen molar-refractivity contribution < 1.29 is 14.1 Å². The SMILES string of the molecule is COC(=O)c1cnc(C#Cc2c(-c3ccccc3)noc2C)s1. The van der Waals surface area contributed by atoms with Crippen molar-refractivity contribution in [1.29, 1.82) is 0 Å². The van der Waals surface area contributed by atoms with Crippen molar-refractivity contribution in [2.45, 2.75) is 6.92 Å². The summed E-state index contributed by atoms with van der Waals surface area (Å²) in [5, 5.41) is 4.61. The molecule has 2 aromatic heterocycles. The maximum atomic E-state index is 11.4. The molecule has 0 saturated carbocycles. The third kappa shape index (κ3) is 3.15. The fourth-order valence-electron chi connectivity index (χ4n) is 1.96. The lowest BCUT2D eigenvalue weighted by Crippen LogP contribution is -1.96. The molecule has 3 aromatic rings. The van der Waals surface area contributed by atoms with Crippen molar-refractivity contribution in [2.75, 3.05) is 7.11 Å². The minimum absolute atomic E-state index is 0.415. The van der Waals surface area contributed by atoms with E-state index in [9.17, 15) is 4.79 Å². The molecule has 0 aliphatic rings. The zero-order valence-electron chi connectivity index (χ0n) is 12.5. The van der Waals surface area contributed by atoms with E-state index >= 15 is 0 Å². The standard InChI is InChI=1S/C17H12N2O3S/c1-11-13(16(19-22-11)12-6-4-3-5-7-12)8-9-15-18-10-14(23-15)17(20)21-2/h3-7,10H,1-2H3. The van der Waals surface area contributed by atoms with Gasteiger partial charge in [0, 0.05) is 5.56 Å². The summed E-state index contributed by atoms with van der Waals surface area (Å²) in [7, 11) is 1.33. The first-order valence-corrected chi connectivity index (χ1v) is 7.58. The van der Waals surface area contributed by atoms with Gasteiger partial charge in [0.2, 0.25) is 0 Å². The number of hydrogen-bond acceptors (Lipinski definition) is 6. The molecule has 0 unspecified atom stereocenters. The number of methoxy groups -OCH3 is 1. The number of carbonyl (C=O) groups is 1. The van der Waals surface area contributed by atoms with Crippen LogP contribution in [-0.2, 0) is 4.74 Å². The van der Waals surface area contributed by atoms with Gasteiger partial charge in [-0.1, -0.05) is 52.7 Å². The van der Waals surface area contributed by atoms with Crippen LogP contribution < -0.4 is 0 Å². The van der Waals surface area contributed by atoms with Crippen LogP contribution in [-0.4, -0.2) is 23.2 Å². The van der Waals surface area contributed by atoms with Crippen molar-refractivity contribution in [2.24, 2.45) is 0 Å². The lowest BCUT2D eigenvalue weighted by atomic mass is 10.1. The highest BCUT2D eigenvalue weighted by molar-refractivity contribution is 7.14. The molecule has 0 atom stereocenters. The lowest BCUT2D eigenvalue weighted by molar-refractivity contribution is 0.0606. The summed E-state index contributed by atoms with van der Waals surface area (Å²) in [5.74, 6) is 6.21. The number of hydrogen-bond donors (Lipinski definition) is 0. The monoisotopic (exact) mass is 324 g/mol. The number of aryl methyl sites for hydroxylation is 1. The molecule has 5 nitrogen and oxygen atoms in total. The highest BCUT2D eigenvalue weighted by Gasteiger charge is 2.13. The van der Waals surface area contributed by atoms with Crippen molar-refractivity contribution >= 4 is 17.3 Å². The molecular formula is C17H12N2O3S. The van der Waals surface area contributed by atoms with Gasteiger partial charge in [0.25, 0.3) is 0 Å². The molecule has 0 aliphatic heterocycles. The van der Waals surface area contributed by atoms with Gasteiger partial charge in [0.05, 0.1) is 18.9 Å². The second kappa shape index (κ2) is 6.46. The first kappa shape index (κ1) is 15.0. The Labute approximate surface area is 136 Å². The first-order valence-electron chi connectivity index (χ1n) is 6.77. The minimum atomic E-state index is -0.415. The maximum Gasteiger partial charge on any atom is 0.349 e. The predicted octanol–water partition coefficient (Wildman–Crippen LogP) is 3.29. The molecule has 0 fully saturated rings. The summed E-state index contributed by atoms with van der Waals surface area (Å²) in [4.78, 5) is 16.0. The number of carbonyl (C=O) groups excluding carboxylic acids is 1. The van der Waals surface area contributed by atoms with E-state index in [-0.39, 0.29) is 0 Å². The van der Waals surface area contributed by atoms with Gasteiger partial charge in [-0.2, -0.15) is 0 Å². The number of esters is 1. The van der Waals surface area contributed by atoms with Crippen LogP contribution in [0.15, 0.2) is 41.1 Å². The van der Waals surface area contributed by atoms with Crippen molar-refractivity contribution in [3.63, 3.8) is 0 Å². The zero-order valence-corrected chi connectivity index (χ0v) is 13.3. The van der Waals surface area contributed by atoms with Crippen LogP contribution in [0.5, 0.6) is 0 Å². The van der Waals surface area contributed by atoms with Crippen LogP contribution in [0.25, 0.3) is 11.3 Å². The number of ether oxygens (including phenoxy) is 1. The third-order valence-corrected chi connectivity index (χ3v) is 3.99. The second-order valence-corrected chi connectivity index (χ2v) is 5.63. The summed E-state index contributed by atoms with van der Waals surface area (Å²) in [5.41, 5.74) is 2.34. The van der Waals surface area contributed by atoms with E-state index in [4.69, 9.17) is 4.52 Å². The van der Waals surface area contributed by atoms with Gasteiger partial charge in [-0.15, -0.1) is 0 Å². The van der Waals surface area contributed by atoms with Crippen LogP contribution in [0, 0.1) is 18.8 Å². The van der Waals surface area contributed by atoms with Gasteiger partial charge in [-0.25, -0.2) is 9.78 Å². The number of benzene rings is 1. The molecule has 0 bridgehead atoms. The molecule has 0 amide bonds. The van der Waals surface area contributed by atoms with Gasteiger partial charge in [-0.3, -0.25) is 0 Å². The summed E-state index contributed by atoms with van der Waals surface area (Å²) < 4.78 is 9.91. The van der Waals surface area contributed by atoms with E-state index in [2.05, 4.69) is 26.7 Å². The van der Waals surface area contributed by atoms with Crippen LogP contribution in [0.4, 0.5) is 0 Å². The predicted molar refractivity (Wildman–Crippen MR) is 86.1 cm³/mol. The van der Waals surface area contributed by atoms with Gasteiger partial charge >= 0.3 is 5.97 Å². The maximum absolute atomic E-state index is 11.4. The largest absolute Gasteiger partial charge is 0.465 e. The normalized spacial score (nSPS) is 10.0. The molecule has 6 heteroatoms. The Hall–Kier alpha value is -2.91. The topological polar surface area (TPSA) is 65.2 Å². The van der Waals surface area contributed by atoms with Gasteiger partial charge in [0.1, 0.15) is 16.3 Å². The van der Waals surface area contributed by atoms with Crippen molar-refractivity contribution in [1.82, 2.24) is 10.1 Å². The average Bonchev–Trinajstić information content (AvgIpc) is 3.20. The second-order valence-electron chi connectivity index (χ2n) is 4.60. The first-order chi connectivity index (χ1) is 11.2. The number of thiazole rings is 1. The Morgan fingerprint density at radius 2 is 2.04 bits per heavy atom. The molecule has 0 radical (unpaired) electrons. The molecule has 0 N–H and O–H groups in total. The van der Waals surface area contributed by atoms with E-state index in [0.717, 1.165) is 5.56 Å². The summed E-state index contributed by atoms with van der Waals surface area (Å²) >= 11 is 1.18. The molecule has 114 valence electrons. The highest BCUT2D eigenvalue weighted by Crippen LogP contribution is 2.24. The number of nitrogens with zero attached hydrogens (tertiary/aromatic N) is 2. The third-order valence-electron chi connectivity index (χ3n) is 3.10. The quantitative estimate of drug-likeness (QED) is 0.534. The highest BCUT2D eigenvalue weighted by atomic mass is 32.1. The smallest absolute Gasteiger partial charge is 0.349 e. The van der Waals surface area contributed by atoms with E-state index < -0.39 is 5.97 Å². The Morgan fingerprint density at radius 3 is 2.78 bits per heavy atom. The number of aromatic nitrogens is 2. The summed E-state index contributed by atoms with van der Waals surface area (Å²) in [6.45, 7) is 1.81. The molecule has 0 aliphatic carbocycles. The van der Waals surface area contributed by atoms with Gasteiger partial charge in [0.15, 0.2) is 5.01 Å². The van der Waals surface area contributed by atoms with Crippen molar-refractivity contribution in [3.05, 3.63) is 57.7 Å². The minimum Gasteiger partial charge on any atom is -0.465 e. The van der Waals surface area contributed by atoms with E-state index in [1.54, 1.807) is 0 Å². The molecule has 0 spiro atoms. The lowest BCUT2D eigenvalue weighted by Gasteiger charge is -1.95. The Bertz CT molecular complexity index is 901. The molecule has 2 heterocycles. The van der Waals surface area contributed by atoms with Crippen LogP contribution >= 0.6 is 11.3 Å². The molecule has 1 aromatic carbocycles. The molecular weight excluding hydrogens is 312 g/mol. The average molecular weight is 324 g/mol. The van der Waals surface area contributed by atoms with Gasteiger partial charge < -0.3 is 9.26 Å². The fraction of sp³-hybridized carbons (Fsp3) is 0.118. The number of rotatable bonds is 2. The summed E-state index contributed by atoms with van der Waals surface area (Å²) in [6, 6.07) is 9.69. The van der Waals surface area contributed by atoms with Crippen LogP contribution in [0.2, 0.25) is 0 Å². The van der Waals surface area contributed by atoms with E-state index in [1.165, 1.54) is 24.6 Å². The molecule has 3 rings (SSSR count). The van der Waals surface area contributed by atoms with E-state index in [1.807, 2.05) is 37.3 Å². The van der Waals surface area contributed by atoms with Gasteiger partial charge in [-0.05, 0) is 12.8 Å². The van der Waals surface area contributed by atoms with E-state index in [0.29, 0.717) is 26.9 Å². The van der Waals surface area contributed by atoms with Crippen molar-refractivity contribution in [3.8, 4) is 23.1 Å². The Morgan fingerprint density at radius 1 is 1.26 bits per heavy atom.